The first-order valence-corrected chi connectivity index (χ1v) is 8.05. The Kier molecular flexibility index (Phi) is 4.22. The molecule has 3 rings (SSSR count). The van der Waals surface area contributed by atoms with E-state index in [1.165, 1.54) is 11.1 Å². The van der Waals surface area contributed by atoms with Gasteiger partial charge >= 0.3 is 0 Å². The van der Waals surface area contributed by atoms with Crippen molar-refractivity contribution in [2.75, 3.05) is 0 Å². The Bertz CT molecular complexity index is 876. The maximum atomic E-state index is 12.6. The van der Waals surface area contributed by atoms with Crippen LogP contribution in [0.2, 0.25) is 5.02 Å². The number of aryl methyl sites for hydroxylation is 3. The van der Waals surface area contributed by atoms with E-state index in [0.717, 1.165) is 16.5 Å². The Morgan fingerprint density at radius 3 is 2.57 bits per heavy atom. The zero-order valence-electron chi connectivity index (χ0n) is 13.6. The number of hydrogen-bond acceptors (Lipinski definition) is 1. The van der Waals surface area contributed by atoms with Gasteiger partial charge < -0.3 is 0 Å². The number of benzene rings is 2. The van der Waals surface area contributed by atoms with Gasteiger partial charge in [0.25, 0.3) is 0 Å². The largest absolute Gasteiger partial charge is 0.297 e. The van der Waals surface area contributed by atoms with Gasteiger partial charge in [-0.3, -0.25) is 4.79 Å². The number of hydrogen-bond donors (Lipinski definition) is 0. The normalized spacial score (nSPS) is 11.1. The highest BCUT2D eigenvalue weighted by Crippen LogP contribution is 2.19. The lowest BCUT2D eigenvalue weighted by atomic mass is 9.98. The summed E-state index contributed by atoms with van der Waals surface area (Å²) in [6.07, 6.45) is 2.46. The minimum atomic E-state index is 0.199. The molecule has 0 atom stereocenters. The molecule has 3 aromatic rings. The van der Waals surface area contributed by atoms with E-state index < -0.39 is 0 Å². The van der Waals surface area contributed by atoms with Crippen LogP contribution in [0.3, 0.4) is 0 Å². The van der Waals surface area contributed by atoms with E-state index in [9.17, 15) is 4.79 Å². The highest BCUT2D eigenvalue weighted by atomic mass is 35.5. The van der Waals surface area contributed by atoms with Gasteiger partial charge in [0.2, 0.25) is 6.20 Å². The van der Waals surface area contributed by atoms with Gasteiger partial charge in [0, 0.05) is 11.4 Å². The molecule has 2 aromatic carbocycles. The van der Waals surface area contributed by atoms with Gasteiger partial charge in [-0.1, -0.05) is 29.8 Å². The van der Waals surface area contributed by atoms with Crippen LogP contribution < -0.4 is 4.68 Å². The van der Waals surface area contributed by atoms with Gasteiger partial charge in [-0.2, -0.15) is 0 Å². The molecule has 0 aliphatic carbocycles. The second-order valence-corrected chi connectivity index (χ2v) is 6.49. The predicted octanol–water partition coefficient (Wildman–Crippen LogP) is 3.55. The molecule has 0 unspecified atom stereocenters. The molecule has 0 radical (unpaired) electrons. The molecule has 0 fully saturated rings. The van der Waals surface area contributed by atoms with E-state index in [2.05, 4.69) is 26.0 Å². The maximum Gasteiger partial charge on any atom is 0.203 e. The molecule has 0 saturated heterocycles. The first kappa shape index (κ1) is 15.8. The van der Waals surface area contributed by atoms with Crippen LogP contribution in [0.1, 0.15) is 16.7 Å². The fourth-order valence-electron chi connectivity index (χ4n) is 3.05. The summed E-state index contributed by atoms with van der Waals surface area (Å²) in [7, 11) is 1.94. The van der Waals surface area contributed by atoms with E-state index in [0.29, 0.717) is 18.0 Å². The van der Waals surface area contributed by atoms with Crippen molar-refractivity contribution >= 4 is 28.3 Å². The molecule has 0 bridgehead atoms. The Labute approximate surface area is 141 Å². The van der Waals surface area contributed by atoms with Gasteiger partial charge in [-0.25, -0.2) is 0 Å². The second kappa shape index (κ2) is 6.17. The van der Waals surface area contributed by atoms with E-state index >= 15 is 0 Å². The summed E-state index contributed by atoms with van der Waals surface area (Å²) in [5, 5.41) is 1.75. The van der Waals surface area contributed by atoms with Crippen LogP contribution in [0, 0.1) is 13.8 Å². The Hall–Kier alpha value is -2.13. The van der Waals surface area contributed by atoms with Gasteiger partial charge in [-0.15, -0.1) is 9.36 Å². The number of rotatable bonds is 4. The van der Waals surface area contributed by atoms with Crippen LogP contribution >= 0.6 is 11.6 Å². The molecule has 3 nitrogen and oxygen atoms in total. The lowest BCUT2D eigenvalue weighted by Gasteiger charge is -2.09. The average molecular weight is 328 g/mol. The molecular weight excluding hydrogens is 308 g/mol. The SMILES string of the molecule is Cc1cccc(C)c1CC(=O)Cn1c2ccc(Cl)cc2c[n+]1C. The lowest BCUT2D eigenvalue weighted by molar-refractivity contribution is -0.749. The van der Waals surface area contributed by atoms with E-state index in [1.54, 1.807) is 0 Å². The predicted molar refractivity (Wildman–Crippen MR) is 92.8 cm³/mol. The van der Waals surface area contributed by atoms with Crippen molar-refractivity contribution < 1.29 is 9.48 Å². The van der Waals surface area contributed by atoms with E-state index in [4.69, 9.17) is 11.6 Å². The molecule has 1 heterocycles. The smallest absolute Gasteiger partial charge is 0.203 e. The van der Waals surface area contributed by atoms with E-state index in [-0.39, 0.29) is 5.78 Å². The summed E-state index contributed by atoms with van der Waals surface area (Å²) in [5.41, 5.74) is 4.50. The topological polar surface area (TPSA) is 25.9 Å². The van der Waals surface area contributed by atoms with Crippen LogP contribution in [-0.4, -0.2) is 10.5 Å². The van der Waals surface area contributed by atoms with Crippen LogP contribution in [-0.2, 0) is 24.8 Å². The summed E-state index contributed by atoms with van der Waals surface area (Å²) in [5.74, 6) is 0.199. The van der Waals surface area contributed by atoms with Crippen LogP contribution in [0.5, 0.6) is 0 Å². The monoisotopic (exact) mass is 327 g/mol. The van der Waals surface area contributed by atoms with Crippen molar-refractivity contribution in [2.24, 2.45) is 7.05 Å². The van der Waals surface area contributed by atoms with Gasteiger partial charge in [0.15, 0.2) is 12.8 Å². The third-order valence-corrected chi connectivity index (χ3v) is 4.55. The number of nitrogens with zero attached hydrogens (tertiary/aromatic N) is 2. The molecule has 1 aromatic heterocycles. The van der Waals surface area contributed by atoms with Crippen LogP contribution in [0.4, 0.5) is 0 Å². The standard InChI is InChI=1S/C19H20ClN2O/c1-13-5-4-6-14(2)18(13)10-17(23)12-22-19-8-7-16(20)9-15(19)11-21(22)3/h4-9,11H,10,12H2,1-3H3/q+1. The highest BCUT2D eigenvalue weighted by molar-refractivity contribution is 6.31. The van der Waals surface area contributed by atoms with Crippen molar-refractivity contribution in [2.45, 2.75) is 26.8 Å². The number of Topliss-reactive ketones (excluding diaryl/α,β-unsaturated/α-hetero) is 1. The van der Waals surface area contributed by atoms with Crippen molar-refractivity contribution in [1.29, 1.82) is 0 Å². The Balaban J connectivity index is 1.87. The fraction of sp³-hybridized carbons (Fsp3) is 0.263. The fourth-order valence-corrected chi connectivity index (χ4v) is 3.23. The summed E-state index contributed by atoms with van der Waals surface area (Å²) >= 11 is 6.04. The number of aromatic nitrogens is 2. The summed E-state index contributed by atoms with van der Waals surface area (Å²) < 4.78 is 3.94. The number of ketones is 1. The summed E-state index contributed by atoms with van der Waals surface area (Å²) in [4.78, 5) is 12.6. The lowest BCUT2D eigenvalue weighted by Crippen LogP contribution is -2.40. The summed E-state index contributed by atoms with van der Waals surface area (Å²) in [6.45, 7) is 4.47. The van der Waals surface area contributed by atoms with Crippen molar-refractivity contribution in [1.82, 2.24) is 4.68 Å². The Morgan fingerprint density at radius 2 is 1.87 bits per heavy atom. The molecule has 0 N–H and O–H groups in total. The number of carbonyl (C=O) groups excluding carboxylic acids is 1. The molecule has 0 amide bonds. The van der Waals surface area contributed by atoms with Crippen molar-refractivity contribution in [3.63, 3.8) is 0 Å². The molecule has 118 valence electrons. The minimum absolute atomic E-state index is 0.199. The third kappa shape index (κ3) is 3.15. The maximum absolute atomic E-state index is 12.6. The Morgan fingerprint density at radius 1 is 1.17 bits per heavy atom. The molecule has 23 heavy (non-hydrogen) atoms. The summed E-state index contributed by atoms with van der Waals surface area (Å²) in [6, 6.07) is 11.9. The molecule has 0 saturated carbocycles. The third-order valence-electron chi connectivity index (χ3n) is 4.32. The van der Waals surface area contributed by atoms with Gasteiger partial charge in [-0.05, 0) is 48.7 Å². The van der Waals surface area contributed by atoms with Crippen LogP contribution in [0.15, 0.2) is 42.6 Å². The number of carbonyl (C=O) groups is 1. The van der Waals surface area contributed by atoms with Crippen molar-refractivity contribution in [3.05, 3.63) is 64.3 Å². The average Bonchev–Trinajstić information content (AvgIpc) is 2.78. The zero-order valence-corrected chi connectivity index (χ0v) is 14.4. The van der Waals surface area contributed by atoms with E-state index in [1.807, 2.05) is 46.9 Å². The van der Waals surface area contributed by atoms with Crippen LogP contribution in [0.25, 0.3) is 10.9 Å². The first-order chi connectivity index (χ1) is 11.0. The molecular formula is C19H20ClN2O+. The number of fused-ring (bicyclic) bond motifs is 1. The highest BCUT2D eigenvalue weighted by Gasteiger charge is 2.17. The molecule has 4 heteroatoms. The molecule has 0 aliphatic heterocycles. The second-order valence-electron chi connectivity index (χ2n) is 6.05. The minimum Gasteiger partial charge on any atom is -0.297 e. The number of halogens is 1. The molecule has 0 spiro atoms. The molecule has 0 aliphatic rings. The quantitative estimate of drug-likeness (QED) is 0.673. The zero-order chi connectivity index (χ0) is 16.6. The van der Waals surface area contributed by atoms with Gasteiger partial charge in [0.1, 0.15) is 12.1 Å². The van der Waals surface area contributed by atoms with Crippen molar-refractivity contribution in [3.8, 4) is 0 Å². The first-order valence-electron chi connectivity index (χ1n) is 7.67. The van der Waals surface area contributed by atoms with Gasteiger partial charge in [0.05, 0.1) is 5.39 Å².